The molecule has 0 aliphatic heterocycles. The second kappa shape index (κ2) is 10.4. The van der Waals surface area contributed by atoms with Crippen LogP contribution in [-0.4, -0.2) is 56.4 Å². The number of fused-ring (bicyclic) bond motifs is 4. The van der Waals surface area contributed by atoms with Gasteiger partial charge in [0.2, 0.25) is 0 Å². The highest BCUT2D eigenvalue weighted by molar-refractivity contribution is 5.84. The third kappa shape index (κ3) is 5.03. The molecule has 8 atom stereocenters. The van der Waals surface area contributed by atoms with Crippen LogP contribution in [0.3, 0.4) is 0 Å². The van der Waals surface area contributed by atoms with E-state index in [1.807, 2.05) is 13.8 Å². The summed E-state index contributed by atoms with van der Waals surface area (Å²) >= 11 is 0. The van der Waals surface area contributed by atoms with Gasteiger partial charge in [0, 0.05) is 24.7 Å². The first-order chi connectivity index (χ1) is 16.5. The van der Waals surface area contributed by atoms with Gasteiger partial charge in [-0.2, -0.15) is 0 Å². The van der Waals surface area contributed by atoms with E-state index < -0.39 is 24.4 Å². The molecule has 0 spiro atoms. The molecule has 6 nitrogen and oxygen atoms in total. The number of carbonyl (C=O) groups excluding carboxylic acids is 2. The van der Waals surface area contributed by atoms with E-state index in [0.717, 1.165) is 24.0 Å². The first kappa shape index (κ1) is 29.2. The molecular weight excluding hydrogens is 456 g/mol. The van der Waals surface area contributed by atoms with Crippen molar-refractivity contribution in [1.29, 1.82) is 0 Å². The Kier molecular flexibility index (Phi) is 8.47. The number of carbonyl (C=O) groups is 2. The molecule has 0 aromatic heterocycles. The van der Waals surface area contributed by atoms with E-state index in [2.05, 4.69) is 41.5 Å². The Balaban J connectivity index is 0.000000201. The van der Waals surface area contributed by atoms with Crippen molar-refractivity contribution < 1.29 is 30.0 Å². The molecule has 204 valence electrons. The van der Waals surface area contributed by atoms with Crippen LogP contribution in [0.5, 0.6) is 0 Å². The maximum absolute atomic E-state index is 11.9. The minimum atomic E-state index is -0.926. The summed E-state index contributed by atoms with van der Waals surface area (Å²) < 4.78 is 0. The Morgan fingerprint density at radius 3 is 1.25 bits per heavy atom. The van der Waals surface area contributed by atoms with Crippen molar-refractivity contribution in [3.05, 3.63) is 22.3 Å². The molecule has 0 heterocycles. The fraction of sp³-hybridized carbons (Fsp3) is 0.800. The second-order valence-electron chi connectivity index (χ2n) is 13.1. The van der Waals surface area contributed by atoms with Crippen molar-refractivity contribution in [2.24, 2.45) is 34.5 Å². The van der Waals surface area contributed by atoms with Crippen LogP contribution in [0.4, 0.5) is 0 Å². The zero-order chi connectivity index (χ0) is 27.3. The lowest BCUT2D eigenvalue weighted by molar-refractivity contribution is -0.135. The van der Waals surface area contributed by atoms with Crippen LogP contribution in [0, 0.1) is 34.5 Å². The van der Waals surface area contributed by atoms with E-state index in [1.165, 1.54) is 11.1 Å². The van der Waals surface area contributed by atoms with Gasteiger partial charge in [-0.3, -0.25) is 9.59 Å². The van der Waals surface area contributed by atoms with Gasteiger partial charge in [-0.05, 0) is 73.3 Å². The number of aliphatic hydroxyl groups is 4. The van der Waals surface area contributed by atoms with Gasteiger partial charge in [0.25, 0.3) is 0 Å². The lowest BCUT2D eigenvalue weighted by Crippen LogP contribution is -2.48. The number of ketones is 2. The first-order valence-electron chi connectivity index (χ1n) is 13.7. The summed E-state index contributed by atoms with van der Waals surface area (Å²) in [5, 5.41) is 40.8. The SMILES string of the molecule is CC1=C2C(C)CCC(=O)C(O)C(C[C@@H]1O)C2(C)C.CC1=C2[C@H](C)CCC(=O)[C@H](O)C(C[C@@H]1O)C2(C)C. The summed E-state index contributed by atoms with van der Waals surface area (Å²) in [4.78, 5) is 23.9. The van der Waals surface area contributed by atoms with Gasteiger partial charge in [0.15, 0.2) is 11.6 Å². The molecule has 4 aliphatic rings. The molecule has 2 fully saturated rings. The van der Waals surface area contributed by atoms with Gasteiger partial charge in [-0.1, -0.05) is 52.7 Å². The van der Waals surface area contributed by atoms with E-state index in [4.69, 9.17) is 0 Å². The number of aliphatic hydroxyl groups excluding tert-OH is 4. The fourth-order valence-electron chi connectivity index (χ4n) is 8.04. The molecule has 4 bridgehead atoms. The number of rotatable bonds is 0. The number of Topliss-reactive ketones (excluding diaryl/α,β-unsaturated/α-hetero) is 2. The Morgan fingerprint density at radius 1 is 0.639 bits per heavy atom. The molecular formula is C30H48O6. The molecule has 4 unspecified atom stereocenters. The van der Waals surface area contributed by atoms with E-state index in [1.54, 1.807) is 0 Å². The Morgan fingerprint density at radius 2 is 0.944 bits per heavy atom. The summed E-state index contributed by atoms with van der Waals surface area (Å²) in [6.45, 7) is 16.6. The third-order valence-corrected chi connectivity index (χ3v) is 10.1. The molecule has 0 amide bonds. The normalized spacial score (nSPS) is 40.4. The zero-order valence-corrected chi connectivity index (χ0v) is 23.5. The van der Waals surface area contributed by atoms with Crippen molar-refractivity contribution >= 4 is 11.6 Å². The minimum absolute atomic E-state index is 0.0641. The molecule has 4 aliphatic carbocycles. The predicted molar refractivity (Wildman–Crippen MR) is 140 cm³/mol. The van der Waals surface area contributed by atoms with Gasteiger partial charge in [0.05, 0.1) is 12.2 Å². The van der Waals surface area contributed by atoms with E-state index in [0.29, 0.717) is 37.5 Å². The van der Waals surface area contributed by atoms with Crippen LogP contribution in [-0.2, 0) is 9.59 Å². The lowest BCUT2D eigenvalue weighted by atomic mass is 9.58. The average Bonchev–Trinajstić information content (AvgIpc) is 2.79. The molecule has 2 saturated carbocycles. The van der Waals surface area contributed by atoms with Crippen LogP contribution in [0.25, 0.3) is 0 Å². The molecule has 36 heavy (non-hydrogen) atoms. The molecule has 6 heteroatoms. The fourth-order valence-corrected chi connectivity index (χ4v) is 8.04. The Bertz CT molecular complexity index is 865. The Hall–Kier alpha value is -1.34. The van der Waals surface area contributed by atoms with Gasteiger partial charge in [-0.15, -0.1) is 0 Å². The minimum Gasteiger partial charge on any atom is -0.389 e. The number of hydrogen-bond acceptors (Lipinski definition) is 6. The summed E-state index contributed by atoms with van der Waals surface area (Å²) in [6.07, 6.45) is 0.530. The summed E-state index contributed by atoms with van der Waals surface area (Å²) in [7, 11) is 0. The largest absolute Gasteiger partial charge is 0.389 e. The van der Waals surface area contributed by atoms with Gasteiger partial charge < -0.3 is 20.4 Å². The maximum atomic E-state index is 11.9. The van der Waals surface area contributed by atoms with E-state index in [-0.39, 0.29) is 34.2 Å². The third-order valence-electron chi connectivity index (χ3n) is 10.1. The van der Waals surface area contributed by atoms with Gasteiger partial charge in [-0.25, -0.2) is 0 Å². The predicted octanol–water partition coefficient (Wildman–Crippen LogP) is 4.14. The lowest BCUT2D eigenvalue weighted by Gasteiger charge is -2.48. The van der Waals surface area contributed by atoms with Gasteiger partial charge in [0.1, 0.15) is 12.2 Å². The van der Waals surface area contributed by atoms with Crippen LogP contribution < -0.4 is 0 Å². The van der Waals surface area contributed by atoms with Gasteiger partial charge >= 0.3 is 0 Å². The highest BCUT2D eigenvalue weighted by Gasteiger charge is 2.49. The monoisotopic (exact) mass is 504 g/mol. The van der Waals surface area contributed by atoms with Crippen molar-refractivity contribution in [1.82, 2.24) is 0 Å². The molecule has 0 aromatic carbocycles. The molecule has 0 saturated heterocycles. The van der Waals surface area contributed by atoms with E-state index in [9.17, 15) is 30.0 Å². The summed E-state index contributed by atoms with van der Waals surface area (Å²) in [5.74, 6) is 0.141. The Labute approximate surface area is 216 Å². The maximum Gasteiger partial charge on any atom is 0.161 e. The van der Waals surface area contributed by atoms with Crippen molar-refractivity contribution in [2.75, 3.05) is 0 Å². The number of allylic oxidation sites excluding steroid dienone is 2. The van der Waals surface area contributed by atoms with Crippen LogP contribution in [0.1, 0.15) is 93.9 Å². The second-order valence-corrected chi connectivity index (χ2v) is 13.1. The summed E-state index contributed by atoms with van der Waals surface area (Å²) in [5.41, 5.74) is 4.17. The molecule has 4 rings (SSSR count). The topological polar surface area (TPSA) is 115 Å². The summed E-state index contributed by atoms with van der Waals surface area (Å²) in [6, 6.07) is 0. The van der Waals surface area contributed by atoms with Crippen LogP contribution in [0.2, 0.25) is 0 Å². The molecule has 0 radical (unpaired) electrons. The molecule has 0 aromatic rings. The van der Waals surface area contributed by atoms with Crippen LogP contribution >= 0.6 is 0 Å². The quantitative estimate of drug-likeness (QED) is 0.369. The van der Waals surface area contributed by atoms with Crippen molar-refractivity contribution in [3.8, 4) is 0 Å². The number of hydrogen-bond donors (Lipinski definition) is 4. The van der Waals surface area contributed by atoms with Crippen LogP contribution in [0.15, 0.2) is 22.3 Å². The standard InChI is InChI=1S/2C15H24O3/c2*1-8-5-6-11(16)14(18)10-7-12(17)9(2)13(8)15(10,3)4/h2*8,10,12,14,17-18H,5-7H2,1-4H3/t8?,10?,12-,14?;8-,10?,12+,14-/m01/s1. The smallest absolute Gasteiger partial charge is 0.161 e. The van der Waals surface area contributed by atoms with Crippen molar-refractivity contribution in [2.45, 2.75) is 118 Å². The zero-order valence-electron chi connectivity index (χ0n) is 23.5. The highest BCUT2D eigenvalue weighted by atomic mass is 16.3. The first-order valence-corrected chi connectivity index (χ1v) is 13.7. The molecule has 4 N–H and O–H groups in total. The highest BCUT2D eigenvalue weighted by Crippen LogP contribution is 2.52. The van der Waals surface area contributed by atoms with Crippen molar-refractivity contribution in [3.63, 3.8) is 0 Å². The average molecular weight is 505 g/mol. The van der Waals surface area contributed by atoms with E-state index >= 15 is 0 Å².